The largest absolute Gasteiger partial charge is 0.463 e. The van der Waals surface area contributed by atoms with Crippen molar-refractivity contribution in [2.75, 3.05) is 6.61 Å². The maximum Gasteiger partial charge on any atom is 0.306 e. The molecule has 1 saturated heterocycles. The second kappa shape index (κ2) is 45.9. The number of thioether (sulfide) groups is 1. The average molecular weight is 1110 g/mol. The maximum atomic E-state index is 14.2. The Hall–Kier alpha value is -1.76. The van der Waals surface area contributed by atoms with Gasteiger partial charge in [-0.1, -0.05) is 245 Å². The van der Waals surface area contributed by atoms with Crippen LogP contribution in [0, 0.1) is 0 Å². The molecule has 10 nitrogen and oxygen atoms in total. The van der Waals surface area contributed by atoms with Crippen LogP contribution in [0.2, 0.25) is 0 Å². The van der Waals surface area contributed by atoms with Gasteiger partial charge in [0.15, 0.2) is 18.3 Å². The van der Waals surface area contributed by atoms with Crippen LogP contribution in [-0.2, 0) is 47.6 Å². The normalized spacial score (nSPS) is 22.5. The Kier molecular flexibility index (Phi) is 41.4. The Bertz CT molecular complexity index is 1490. The summed E-state index contributed by atoms with van der Waals surface area (Å²) in [5.41, 5.74) is -0.810. The predicted molar refractivity (Wildman–Crippen MR) is 317 cm³/mol. The smallest absolute Gasteiger partial charge is 0.306 e. The first kappa shape index (κ1) is 68.5. The van der Waals surface area contributed by atoms with E-state index in [1.54, 1.807) is 11.8 Å². The predicted octanol–water partition coefficient (Wildman–Crippen LogP) is 18.3. The van der Waals surface area contributed by atoms with E-state index in [1.807, 2.05) is 0 Å². The zero-order chi connectivity index (χ0) is 54.7. The van der Waals surface area contributed by atoms with Crippen molar-refractivity contribution < 1.29 is 47.6 Å². The molecule has 0 aromatic heterocycles. The number of hydrogen-bond acceptors (Lipinski definition) is 12. The monoisotopic (exact) mass is 1110 g/mol. The lowest BCUT2D eigenvalue weighted by Crippen LogP contribution is -2.62. The fourth-order valence-corrected chi connectivity index (χ4v) is 13.2. The highest BCUT2D eigenvalue weighted by atomic mass is 32.2. The number of thiocarbonyl (C=S) groups is 1. The third-order valence-corrected chi connectivity index (χ3v) is 18.0. The molecule has 0 aromatic rings. The van der Waals surface area contributed by atoms with Gasteiger partial charge in [-0.2, -0.15) is 0 Å². The number of rotatable bonds is 49. The molecule has 1 aliphatic heterocycles. The first-order valence-electron chi connectivity index (χ1n) is 32.4. The molecule has 442 valence electrons. The van der Waals surface area contributed by atoms with Crippen LogP contribution in [0.15, 0.2) is 0 Å². The topological polar surface area (TPSA) is 124 Å². The molecule has 1 heterocycles. The van der Waals surface area contributed by atoms with Crippen LogP contribution in [0.3, 0.4) is 0 Å². The molecule has 3 fully saturated rings. The molecule has 2 saturated carbocycles. The molecular weight excluding hydrogens is 993 g/mol. The summed E-state index contributed by atoms with van der Waals surface area (Å²) in [6.07, 6.45) is 42.3. The second-order valence-electron chi connectivity index (χ2n) is 23.0. The minimum Gasteiger partial charge on any atom is -0.463 e. The van der Waals surface area contributed by atoms with E-state index in [4.69, 9.17) is 40.6 Å². The molecule has 0 aromatic carbocycles. The minimum atomic E-state index is -1.17. The van der Waals surface area contributed by atoms with E-state index in [0.717, 1.165) is 120 Å². The average Bonchev–Trinajstić information content (AvgIpc) is 4.05. The quantitative estimate of drug-likeness (QED) is 0.0249. The van der Waals surface area contributed by atoms with E-state index in [9.17, 15) is 19.2 Å². The summed E-state index contributed by atoms with van der Waals surface area (Å²) < 4.78 is 39.2. The van der Waals surface area contributed by atoms with Crippen LogP contribution in [0.4, 0.5) is 0 Å². The molecule has 0 amide bonds. The van der Waals surface area contributed by atoms with E-state index < -0.39 is 41.8 Å². The molecule has 3 aliphatic rings. The van der Waals surface area contributed by atoms with Crippen molar-refractivity contribution in [3.63, 3.8) is 0 Å². The van der Waals surface area contributed by atoms with Gasteiger partial charge in [-0.3, -0.25) is 19.2 Å². The lowest BCUT2D eigenvalue weighted by Gasteiger charge is -2.45. The van der Waals surface area contributed by atoms with Gasteiger partial charge in [0.05, 0.1) is 12.2 Å². The number of unbranched alkanes of at least 4 members (excludes halogenated alkanes) is 32. The van der Waals surface area contributed by atoms with E-state index in [2.05, 4.69) is 27.7 Å². The molecule has 8 atom stereocenters. The van der Waals surface area contributed by atoms with Crippen LogP contribution in [0.1, 0.15) is 323 Å². The Labute approximate surface area is 475 Å². The van der Waals surface area contributed by atoms with Crippen molar-refractivity contribution in [1.82, 2.24) is 0 Å². The van der Waals surface area contributed by atoms with Gasteiger partial charge in [0.1, 0.15) is 18.1 Å². The standard InChI is InChI=1S/C64H114O10S2/c1-5-9-13-17-21-25-29-33-37-47-57(65)69-51-54-61(72-58(66)48-38-34-30-26-22-18-14-10-6-2)62(73-59(67)49-39-35-31-27-23-19-15-11-7-3)63(74-60(68)50-40-36-32-28-24-20-16-12-8-4)64(71-54)76-56-46-42-44-53(56)70-52-43-41-45-55(52)75/h52-54,56,61-64H,5-51H2,1-4H3/t52?,53?,54-,56?,61+,62+,63-,64+/m1/s1. The molecule has 0 radical (unpaired) electrons. The van der Waals surface area contributed by atoms with E-state index in [1.165, 1.54) is 135 Å². The molecule has 2 aliphatic carbocycles. The number of carbonyl (C=O) groups is 4. The summed E-state index contributed by atoms with van der Waals surface area (Å²) in [6, 6.07) is 0. The first-order valence-corrected chi connectivity index (χ1v) is 33.8. The van der Waals surface area contributed by atoms with Crippen molar-refractivity contribution in [2.24, 2.45) is 0 Å². The highest BCUT2D eigenvalue weighted by Gasteiger charge is 2.54. The highest BCUT2D eigenvalue weighted by Crippen LogP contribution is 2.43. The van der Waals surface area contributed by atoms with Crippen molar-refractivity contribution >= 4 is 52.7 Å². The number of ether oxygens (including phenoxy) is 6. The number of carbonyl (C=O) groups excluding carboxylic acids is 4. The minimum absolute atomic E-state index is 0.00848. The summed E-state index contributed by atoms with van der Waals surface area (Å²) in [4.78, 5) is 56.8. The van der Waals surface area contributed by atoms with E-state index in [-0.39, 0.29) is 61.7 Å². The van der Waals surface area contributed by atoms with Crippen LogP contribution in [0.5, 0.6) is 0 Å². The summed E-state index contributed by atoms with van der Waals surface area (Å²) in [5, 5.41) is -0.00848. The lowest BCUT2D eigenvalue weighted by atomic mass is 9.98. The Morgan fingerprint density at radius 1 is 0.447 bits per heavy atom. The fourth-order valence-electron chi connectivity index (χ4n) is 11.2. The second-order valence-corrected chi connectivity index (χ2v) is 24.9. The molecule has 0 bridgehead atoms. The van der Waals surface area contributed by atoms with Gasteiger partial charge >= 0.3 is 23.9 Å². The molecule has 3 rings (SSSR count). The zero-order valence-corrected chi connectivity index (χ0v) is 50.9. The molecule has 3 unspecified atom stereocenters. The van der Waals surface area contributed by atoms with Crippen LogP contribution < -0.4 is 0 Å². The van der Waals surface area contributed by atoms with Crippen molar-refractivity contribution in [2.45, 2.75) is 370 Å². The van der Waals surface area contributed by atoms with Crippen LogP contribution in [0.25, 0.3) is 0 Å². The number of hydrogen-bond donors (Lipinski definition) is 0. The van der Waals surface area contributed by atoms with Crippen molar-refractivity contribution in [3.05, 3.63) is 0 Å². The Morgan fingerprint density at radius 2 is 0.816 bits per heavy atom. The van der Waals surface area contributed by atoms with Gasteiger partial charge in [-0.05, 0) is 64.2 Å². The fraction of sp³-hybridized carbons (Fsp3) is 0.922. The lowest BCUT2D eigenvalue weighted by molar-refractivity contribution is -0.239. The Balaban J connectivity index is 1.88. The summed E-state index contributed by atoms with van der Waals surface area (Å²) in [7, 11) is 0. The maximum absolute atomic E-state index is 14.2. The third-order valence-electron chi connectivity index (χ3n) is 16.0. The number of esters is 4. The highest BCUT2D eigenvalue weighted by molar-refractivity contribution is 8.00. The van der Waals surface area contributed by atoms with Crippen LogP contribution in [-0.4, -0.2) is 82.7 Å². The van der Waals surface area contributed by atoms with Gasteiger partial charge < -0.3 is 28.4 Å². The SMILES string of the molecule is CCCCCCCCCCCC(=O)OC[C@H]1O[C@@H](SC2CCCC2OC2CCCC2=S)[C@H](OC(=O)CCCCCCCCCCC)[C@@H](OC(=O)CCCCCCCCCCC)[C@H]1OC(=O)CCCCCCCCCCC. The molecule has 0 spiro atoms. The summed E-state index contributed by atoms with van der Waals surface area (Å²) >= 11 is 7.29. The van der Waals surface area contributed by atoms with Gasteiger partial charge in [0.2, 0.25) is 0 Å². The van der Waals surface area contributed by atoms with Crippen molar-refractivity contribution in [3.8, 4) is 0 Å². The zero-order valence-electron chi connectivity index (χ0n) is 49.3. The van der Waals surface area contributed by atoms with E-state index in [0.29, 0.717) is 19.3 Å². The summed E-state index contributed by atoms with van der Waals surface area (Å²) in [5.74, 6) is -1.56. The molecule has 76 heavy (non-hydrogen) atoms. The van der Waals surface area contributed by atoms with Gasteiger partial charge in [0.25, 0.3) is 0 Å². The molecule has 12 heteroatoms. The van der Waals surface area contributed by atoms with Gasteiger partial charge in [-0.15, -0.1) is 11.8 Å². The Morgan fingerprint density at radius 3 is 1.21 bits per heavy atom. The first-order chi connectivity index (χ1) is 37.2. The van der Waals surface area contributed by atoms with Gasteiger partial charge in [-0.25, -0.2) is 0 Å². The van der Waals surface area contributed by atoms with Crippen LogP contribution >= 0.6 is 24.0 Å². The third kappa shape index (κ3) is 31.9. The van der Waals surface area contributed by atoms with Gasteiger partial charge in [0, 0.05) is 35.8 Å². The molecule has 0 N–H and O–H groups in total. The van der Waals surface area contributed by atoms with E-state index >= 15 is 0 Å². The van der Waals surface area contributed by atoms with Crippen molar-refractivity contribution in [1.29, 1.82) is 0 Å². The molecular formula is C64H114O10S2. The summed E-state index contributed by atoms with van der Waals surface area (Å²) in [6.45, 7) is 8.75.